The highest BCUT2D eigenvalue weighted by molar-refractivity contribution is 5.20. The average Bonchev–Trinajstić information content (AvgIpc) is 2.95. The van der Waals surface area contributed by atoms with E-state index in [4.69, 9.17) is 9.47 Å². The molecule has 1 atom stereocenters. The highest BCUT2D eigenvalue weighted by atomic mass is 19.1. The molecule has 1 saturated carbocycles. The molecule has 2 fully saturated rings. The van der Waals surface area contributed by atoms with Crippen molar-refractivity contribution in [2.24, 2.45) is 5.92 Å². The fourth-order valence-corrected chi connectivity index (χ4v) is 3.56. The summed E-state index contributed by atoms with van der Waals surface area (Å²) in [6.07, 6.45) is 2.68. The van der Waals surface area contributed by atoms with Gasteiger partial charge in [-0.2, -0.15) is 0 Å². The van der Waals surface area contributed by atoms with E-state index in [9.17, 15) is 13.9 Å². The van der Waals surface area contributed by atoms with Crippen molar-refractivity contribution in [3.05, 3.63) is 35.4 Å². The lowest BCUT2D eigenvalue weighted by atomic mass is 9.72. The average molecular weight is 312 g/mol. The molecule has 1 aliphatic heterocycles. The van der Waals surface area contributed by atoms with Crippen molar-refractivity contribution in [2.45, 2.75) is 50.4 Å². The van der Waals surface area contributed by atoms with E-state index in [1.807, 2.05) is 6.92 Å². The van der Waals surface area contributed by atoms with Crippen LogP contribution in [0.2, 0.25) is 0 Å². The Bertz CT molecular complexity index is 531. The van der Waals surface area contributed by atoms with Crippen molar-refractivity contribution in [3.8, 4) is 0 Å². The van der Waals surface area contributed by atoms with Gasteiger partial charge in [0.25, 0.3) is 0 Å². The van der Waals surface area contributed by atoms with Crippen LogP contribution in [0.15, 0.2) is 18.2 Å². The lowest BCUT2D eigenvalue weighted by molar-refractivity contribution is -0.209. The highest BCUT2D eigenvalue weighted by Gasteiger charge is 2.47. The molecule has 1 aliphatic carbocycles. The van der Waals surface area contributed by atoms with E-state index < -0.39 is 23.0 Å². The van der Waals surface area contributed by atoms with E-state index >= 15 is 0 Å². The molecule has 2 aliphatic rings. The monoisotopic (exact) mass is 312 g/mol. The number of ether oxygens (including phenoxy) is 2. The summed E-state index contributed by atoms with van der Waals surface area (Å²) in [5.74, 6) is -1.57. The Morgan fingerprint density at radius 3 is 2.41 bits per heavy atom. The third-order valence-corrected chi connectivity index (χ3v) is 5.14. The fourth-order valence-electron chi connectivity index (χ4n) is 3.56. The zero-order chi connectivity index (χ0) is 15.8. The van der Waals surface area contributed by atoms with Gasteiger partial charge in [-0.05, 0) is 48.9 Å². The van der Waals surface area contributed by atoms with Crippen LogP contribution in [0.25, 0.3) is 0 Å². The minimum absolute atomic E-state index is 0.164. The van der Waals surface area contributed by atoms with Gasteiger partial charge in [0.1, 0.15) is 11.6 Å². The summed E-state index contributed by atoms with van der Waals surface area (Å²) in [5, 5.41) is 10.9. The molecule has 1 heterocycles. The normalized spacial score (nSPS) is 24.5. The van der Waals surface area contributed by atoms with Crippen LogP contribution in [-0.2, 0) is 15.9 Å². The van der Waals surface area contributed by atoms with Crippen LogP contribution in [0.1, 0.15) is 38.2 Å². The number of halogens is 2. The maximum absolute atomic E-state index is 13.8. The molecule has 122 valence electrons. The van der Waals surface area contributed by atoms with Crippen LogP contribution in [0.5, 0.6) is 0 Å². The highest BCUT2D eigenvalue weighted by Crippen LogP contribution is 2.44. The molecule has 0 aromatic heterocycles. The Morgan fingerprint density at radius 2 is 1.77 bits per heavy atom. The van der Waals surface area contributed by atoms with E-state index in [2.05, 4.69) is 0 Å². The van der Waals surface area contributed by atoms with Crippen LogP contribution in [-0.4, -0.2) is 29.7 Å². The van der Waals surface area contributed by atoms with E-state index in [0.717, 1.165) is 12.1 Å². The smallest absolute Gasteiger partial charge is 0.168 e. The Labute approximate surface area is 129 Å². The second-order valence-electron chi connectivity index (χ2n) is 6.55. The number of hydrogen-bond acceptors (Lipinski definition) is 3. The van der Waals surface area contributed by atoms with Crippen LogP contribution in [0, 0.1) is 17.6 Å². The lowest BCUT2D eigenvalue weighted by Gasteiger charge is -2.43. The van der Waals surface area contributed by atoms with E-state index in [-0.39, 0.29) is 5.92 Å². The van der Waals surface area contributed by atoms with Gasteiger partial charge in [0, 0.05) is 12.8 Å². The van der Waals surface area contributed by atoms with E-state index in [0.29, 0.717) is 50.9 Å². The van der Waals surface area contributed by atoms with Gasteiger partial charge in [-0.15, -0.1) is 0 Å². The Hall–Kier alpha value is -1.04. The van der Waals surface area contributed by atoms with Crippen LogP contribution < -0.4 is 0 Å². The first kappa shape index (κ1) is 15.8. The fraction of sp³-hybridized carbons (Fsp3) is 0.647. The summed E-state index contributed by atoms with van der Waals surface area (Å²) >= 11 is 0. The maximum Gasteiger partial charge on any atom is 0.168 e. The van der Waals surface area contributed by atoms with Gasteiger partial charge in [0.15, 0.2) is 5.79 Å². The molecule has 1 saturated heterocycles. The first-order valence-electron chi connectivity index (χ1n) is 7.87. The predicted molar refractivity (Wildman–Crippen MR) is 77.3 cm³/mol. The molecular formula is C17H22F2O3. The summed E-state index contributed by atoms with van der Waals surface area (Å²) in [6, 6.07) is 3.46. The van der Waals surface area contributed by atoms with Crippen LogP contribution in [0.4, 0.5) is 8.78 Å². The van der Waals surface area contributed by atoms with E-state index in [1.165, 1.54) is 6.07 Å². The van der Waals surface area contributed by atoms with Crippen molar-refractivity contribution in [2.75, 3.05) is 13.2 Å². The molecule has 1 aromatic carbocycles. The molecule has 1 N–H and O–H groups in total. The Morgan fingerprint density at radius 1 is 1.14 bits per heavy atom. The summed E-state index contributed by atoms with van der Waals surface area (Å²) in [7, 11) is 0. The zero-order valence-electron chi connectivity index (χ0n) is 12.8. The largest absolute Gasteiger partial charge is 0.390 e. The molecule has 1 aromatic rings. The minimum Gasteiger partial charge on any atom is -0.390 e. The van der Waals surface area contributed by atoms with Gasteiger partial charge in [0.05, 0.1) is 18.8 Å². The summed E-state index contributed by atoms with van der Waals surface area (Å²) in [4.78, 5) is 0. The lowest BCUT2D eigenvalue weighted by Crippen LogP contribution is -2.47. The summed E-state index contributed by atoms with van der Waals surface area (Å²) in [5.41, 5.74) is -0.575. The van der Waals surface area contributed by atoms with Crippen molar-refractivity contribution in [3.63, 3.8) is 0 Å². The third-order valence-electron chi connectivity index (χ3n) is 5.14. The van der Waals surface area contributed by atoms with Gasteiger partial charge in [-0.25, -0.2) is 8.78 Å². The number of rotatable bonds is 3. The molecule has 0 amide bonds. The van der Waals surface area contributed by atoms with Crippen molar-refractivity contribution < 1.29 is 23.4 Å². The van der Waals surface area contributed by atoms with Crippen molar-refractivity contribution in [1.82, 2.24) is 0 Å². The maximum atomic E-state index is 13.8. The molecule has 0 radical (unpaired) electrons. The number of benzene rings is 1. The quantitative estimate of drug-likeness (QED) is 0.931. The molecule has 1 unspecified atom stereocenters. The van der Waals surface area contributed by atoms with Crippen molar-refractivity contribution in [1.29, 1.82) is 0 Å². The first-order chi connectivity index (χ1) is 10.4. The SMILES string of the molecule is CC(Cc1cc(F)ccc1F)C1(O)CCC2(CC1)OCCO2. The van der Waals surface area contributed by atoms with Gasteiger partial charge < -0.3 is 14.6 Å². The summed E-state index contributed by atoms with van der Waals surface area (Å²) in [6.45, 7) is 3.09. The Kier molecular flexibility index (Phi) is 4.23. The molecule has 5 heteroatoms. The Balaban J connectivity index is 1.67. The molecular weight excluding hydrogens is 290 g/mol. The zero-order valence-corrected chi connectivity index (χ0v) is 12.8. The predicted octanol–water partition coefficient (Wildman–Crippen LogP) is 3.19. The summed E-state index contributed by atoms with van der Waals surface area (Å²) < 4.78 is 38.4. The van der Waals surface area contributed by atoms with Crippen LogP contribution in [0.3, 0.4) is 0 Å². The second-order valence-corrected chi connectivity index (χ2v) is 6.55. The van der Waals surface area contributed by atoms with Gasteiger partial charge >= 0.3 is 0 Å². The molecule has 22 heavy (non-hydrogen) atoms. The second kappa shape index (κ2) is 5.87. The van der Waals surface area contributed by atoms with Crippen molar-refractivity contribution >= 4 is 0 Å². The van der Waals surface area contributed by atoms with Crippen LogP contribution >= 0.6 is 0 Å². The number of hydrogen-bond donors (Lipinski definition) is 1. The van der Waals surface area contributed by atoms with Gasteiger partial charge in [-0.1, -0.05) is 6.92 Å². The number of aliphatic hydroxyl groups is 1. The third kappa shape index (κ3) is 3.03. The standard InChI is InChI=1S/C17H22F2O3/c1-12(10-13-11-14(18)2-3-15(13)19)16(20)4-6-17(7-5-16)21-8-9-22-17/h2-3,11-12,20H,4-10H2,1H3. The first-order valence-corrected chi connectivity index (χ1v) is 7.87. The minimum atomic E-state index is -0.890. The topological polar surface area (TPSA) is 38.7 Å². The molecule has 3 rings (SSSR count). The van der Waals surface area contributed by atoms with E-state index in [1.54, 1.807) is 0 Å². The van der Waals surface area contributed by atoms with Gasteiger partial charge in [-0.3, -0.25) is 0 Å². The molecule has 0 bridgehead atoms. The molecule has 3 nitrogen and oxygen atoms in total. The molecule has 1 spiro atoms. The van der Waals surface area contributed by atoms with Gasteiger partial charge in [0.2, 0.25) is 0 Å².